The fourth-order valence-electron chi connectivity index (χ4n) is 5.48. The van der Waals surface area contributed by atoms with Crippen molar-refractivity contribution in [2.45, 2.75) is 46.3 Å². The Morgan fingerprint density at radius 2 is 1.82 bits per heavy atom. The van der Waals surface area contributed by atoms with Crippen molar-refractivity contribution in [3.05, 3.63) is 95.3 Å². The van der Waals surface area contributed by atoms with Crippen LogP contribution in [0.25, 0.3) is 10.8 Å². The number of piperidine rings is 1. The largest absolute Gasteiger partial charge is 0.493 e. The fraction of sp³-hybridized carbons (Fsp3) is 0.375. The normalized spacial score (nSPS) is 15.8. The van der Waals surface area contributed by atoms with Crippen LogP contribution in [0.3, 0.4) is 0 Å². The predicted octanol–water partition coefficient (Wildman–Crippen LogP) is 5.60. The van der Waals surface area contributed by atoms with Crippen LogP contribution in [0.15, 0.2) is 72.8 Å². The molecule has 1 saturated heterocycles. The molecule has 38 heavy (non-hydrogen) atoms. The van der Waals surface area contributed by atoms with E-state index in [0.717, 1.165) is 56.2 Å². The molecule has 1 aromatic heterocycles. The maximum atomic E-state index is 12.9. The molecule has 4 aromatic rings. The molecule has 2 heterocycles. The number of rotatable bonds is 9. The molecule has 1 atom stereocenters. The van der Waals surface area contributed by atoms with E-state index in [4.69, 9.17) is 4.74 Å². The summed E-state index contributed by atoms with van der Waals surface area (Å²) >= 11 is 0. The molecule has 0 radical (unpaired) electrons. The molecule has 3 aromatic carbocycles. The third-order valence-electron chi connectivity index (χ3n) is 7.44. The number of carbonyl (C=O) groups excluding carboxylic acids is 1. The number of likely N-dealkylation sites (tertiary alicyclic amines) is 1. The zero-order valence-electron chi connectivity index (χ0n) is 22.8. The van der Waals surface area contributed by atoms with Crippen molar-refractivity contribution in [3.63, 3.8) is 0 Å². The molecule has 6 nitrogen and oxygen atoms in total. The Balaban J connectivity index is 1.10. The number of ether oxygens (including phenoxy) is 1. The molecule has 5 rings (SSSR count). The van der Waals surface area contributed by atoms with Crippen LogP contribution in [-0.2, 0) is 24.4 Å². The first kappa shape index (κ1) is 26.0. The van der Waals surface area contributed by atoms with Gasteiger partial charge in [-0.3, -0.25) is 14.4 Å². The van der Waals surface area contributed by atoms with Gasteiger partial charge in [0, 0.05) is 37.8 Å². The number of nitrogens with zero attached hydrogens (tertiary/aromatic N) is 4. The van der Waals surface area contributed by atoms with Gasteiger partial charge in [0.25, 0.3) is 0 Å². The summed E-state index contributed by atoms with van der Waals surface area (Å²) in [4.78, 5) is 17.2. The second-order valence-electron chi connectivity index (χ2n) is 10.7. The maximum absolute atomic E-state index is 12.9. The quantitative estimate of drug-likeness (QED) is 0.294. The van der Waals surface area contributed by atoms with Crippen molar-refractivity contribution in [2.24, 2.45) is 5.92 Å². The number of aryl methyl sites for hydroxylation is 2. The number of hydrogen-bond acceptors (Lipinski definition) is 4. The average Bonchev–Trinajstić information content (AvgIpc) is 3.24. The van der Waals surface area contributed by atoms with Gasteiger partial charge in [-0.15, -0.1) is 0 Å². The summed E-state index contributed by atoms with van der Waals surface area (Å²) in [5.74, 6) is 1.37. The fourth-order valence-corrected chi connectivity index (χ4v) is 5.48. The van der Waals surface area contributed by atoms with Crippen molar-refractivity contribution in [1.82, 2.24) is 19.6 Å². The SMILES string of the molecule is Cc1cc(C)n(CC(=O)N2CCC[C@H](COc3ccc(CN(C)Cc4cccc5ccccc45)cc3)C2)n1. The molecule has 1 fully saturated rings. The van der Waals surface area contributed by atoms with E-state index in [2.05, 4.69) is 83.8 Å². The van der Waals surface area contributed by atoms with E-state index in [1.807, 2.05) is 24.8 Å². The molecule has 0 spiro atoms. The van der Waals surface area contributed by atoms with Crippen molar-refractivity contribution in [2.75, 3.05) is 26.7 Å². The average molecular weight is 511 g/mol. The molecule has 6 heteroatoms. The first-order valence-electron chi connectivity index (χ1n) is 13.6. The molecule has 0 bridgehead atoms. The number of carbonyl (C=O) groups is 1. The second-order valence-corrected chi connectivity index (χ2v) is 10.7. The molecule has 0 saturated carbocycles. The summed E-state index contributed by atoms with van der Waals surface area (Å²) in [5.41, 5.74) is 4.58. The minimum atomic E-state index is 0.137. The first-order chi connectivity index (χ1) is 18.4. The summed E-state index contributed by atoms with van der Waals surface area (Å²) in [6, 6.07) is 25.5. The van der Waals surface area contributed by atoms with Crippen molar-refractivity contribution in [1.29, 1.82) is 0 Å². The van der Waals surface area contributed by atoms with Crippen LogP contribution in [0.4, 0.5) is 0 Å². The third kappa shape index (κ3) is 6.43. The molecule has 0 N–H and O–H groups in total. The van der Waals surface area contributed by atoms with Gasteiger partial charge in [0.1, 0.15) is 12.3 Å². The Morgan fingerprint density at radius 1 is 1.03 bits per heavy atom. The summed E-state index contributed by atoms with van der Waals surface area (Å²) in [6.45, 7) is 8.22. The van der Waals surface area contributed by atoms with Gasteiger partial charge in [0.05, 0.1) is 12.3 Å². The lowest BCUT2D eigenvalue weighted by Crippen LogP contribution is -2.43. The van der Waals surface area contributed by atoms with Crippen LogP contribution in [0.2, 0.25) is 0 Å². The lowest BCUT2D eigenvalue weighted by atomic mass is 9.99. The summed E-state index contributed by atoms with van der Waals surface area (Å²) in [5, 5.41) is 7.04. The van der Waals surface area contributed by atoms with Gasteiger partial charge in [-0.25, -0.2) is 0 Å². The van der Waals surface area contributed by atoms with Gasteiger partial charge in [0.2, 0.25) is 5.91 Å². The molecule has 0 unspecified atom stereocenters. The highest BCUT2D eigenvalue weighted by molar-refractivity contribution is 5.85. The molecule has 1 aliphatic heterocycles. The van der Waals surface area contributed by atoms with Gasteiger partial charge in [-0.2, -0.15) is 5.10 Å². The maximum Gasteiger partial charge on any atom is 0.244 e. The third-order valence-corrected chi connectivity index (χ3v) is 7.44. The molecule has 1 aliphatic rings. The van der Waals surface area contributed by atoms with E-state index in [1.165, 1.54) is 21.9 Å². The van der Waals surface area contributed by atoms with Gasteiger partial charge in [-0.05, 0) is 73.8 Å². The van der Waals surface area contributed by atoms with E-state index in [9.17, 15) is 4.79 Å². The minimum Gasteiger partial charge on any atom is -0.493 e. The van der Waals surface area contributed by atoms with Gasteiger partial charge in [-0.1, -0.05) is 54.6 Å². The van der Waals surface area contributed by atoms with Crippen LogP contribution in [-0.4, -0.2) is 52.2 Å². The molecular weight excluding hydrogens is 472 g/mol. The Hall–Kier alpha value is -3.64. The summed E-state index contributed by atoms with van der Waals surface area (Å²) in [6.07, 6.45) is 2.10. The van der Waals surface area contributed by atoms with Gasteiger partial charge < -0.3 is 9.64 Å². The highest BCUT2D eigenvalue weighted by Gasteiger charge is 2.24. The van der Waals surface area contributed by atoms with Crippen LogP contribution >= 0.6 is 0 Å². The van der Waals surface area contributed by atoms with E-state index < -0.39 is 0 Å². The molecule has 198 valence electrons. The Labute approximate surface area is 225 Å². The topological polar surface area (TPSA) is 50.6 Å². The zero-order chi connectivity index (χ0) is 26.5. The van der Waals surface area contributed by atoms with Crippen molar-refractivity contribution < 1.29 is 9.53 Å². The Morgan fingerprint density at radius 3 is 2.61 bits per heavy atom. The number of amides is 1. The Kier molecular flexibility index (Phi) is 8.08. The minimum absolute atomic E-state index is 0.137. The van der Waals surface area contributed by atoms with E-state index in [0.29, 0.717) is 19.1 Å². The highest BCUT2D eigenvalue weighted by Crippen LogP contribution is 2.22. The van der Waals surface area contributed by atoms with Crippen LogP contribution in [0, 0.1) is 19.8 Å². The summed E-state index contributed by atoms with van der Waals surface area (Å²) in [7, 11) is 2.16. The van der Waals surface area contributed by atoms with E-state index >= 15 is 0 Å². The Bertz CT molecular complexity index is 1370. The second kappa shape index (κ2) is 11.8. The van der Waals surface area contributed by atoms with Crippen LogP contribution < -0.4 is 4.74 Å². The number of aromatic nitrogens is 2. The van der Waals surface area contributed by atoms with Crippen LogP contribution in [0.1, 0.15) is 35.4 Å². The van der Waals surface area contributed by atoms with Gasteiger partial charge >= 0.3 is 0 Å². The highest BCUT2D eigenvalue weighted by atomic mass is 16.5. The number of benzene rings is 3. The smallest absolute Gasteiger partial charge is 0.244 e. The van der Waals surface area contributed by atoms with Crippen molar-refractivity contribution in [3.8, 4) is 5.75 Å². The molecule has 0 aliphatic carbocycles. The predicted molar refractivity (Wildman–Crippen MR) is 152 cm³/mol. The first-order valence-corrected chi connectivity index (χ1v) is 13.6. The van der Waals surface area contributed by atoms with Crippen molar-refractivity contribution >= 4 is 16.7 Å². The van der Waals surface area contributed by atoms with Crippen LogP contribution in [0.5, 0.6) is 5.75 Å². The van der Waals surface area contributed by atoms with E-state index in [-0.39, 0.29) is 5.91 Å². The monoisotopic (exact) mass is 510 g/mol. The molecule has 1 amide bonds. The lowest BCUT2D eigenvalue weighted by Gasteiger charge is -2.32. The summed E-state index contributed by atoms with van der Waals surface area (Å²) < 4.78 is 7.95. The zero-order valence-corrected chi connectivity index (χ0v) is 22.8. The lowest BCUT2D eigenvalue weighted by molar-refractivity contribution is -0.134. The van der Waals surface area contributed by atoms with Gasteiger partial charge in [0.15, 0.2) is 0 Å². The number of fused-ring (bicyclic) bond motifs is 1. The number of hydrogen-bond donors (Lipinski definition) is 0. The molecular formula is C32H38N4O2. The van der Waals surface area contributed by atoms with E-state index in [1.54, 1.807) is 4.68 Å². The standard InChI is InChI=1S/C32H38N4O2/c1-24-18-25(2)36(33-24)22-32(37)35-17-7-8-27(20-35)23-38-30-15-13-26(14-16-30)19-34(3)21-29-11-6-10-28-9-4-5-12-31(28)29/h4-6,9-16,18,27H,7-8,17,19-23H2,1-3H3/t27-/m0/s1.